The number of aliphatic carboxylic acids is 2. The number of carboxylic acids is 2. The van der Waals surface area contributed by atoms with Crippen molar-refractivity contribution in [3.8, 4) is 5.75 Å². The van der Waals surface area contributed by atoms with Crippen LogP contribution >= 0.6 is 0 Å². The summed E-state index contributed by atoms with van der Waals surface area (Å²) in [5.74, 6) is -7.42. The SMILES string of the molecule is CCC(C)[C@H](NC(=O)c1cccc(NC(=O)[C@@H]2CCCN2C(=O)[C@H](CCCNC(=N)N)NC(=O)C(N)CC(=O)O)c1OC)C(=O)N[C@@H](Cc1cnc[nH]1)C(=O)N1CCC[C@H]1C(=O)O. The molecule has 6 amide bonds. The average molecular weight is 883 g/mol. The van der Waals surface area contributed by atoms with Crippen LogP contribution in [0.5, 0.6) is 5.75 Å². The zero-order valence-electron chi connectivity index (χ0n) is 35.5. The number of aromatic nitrogens is 2. The van der Waals surface area contributed by atoms with Crippen LogP contribution in [0.15, 0.2) is 30.7 Å². The number of carbonyl (C=O) groups is 8. The van der Waals surface area contributed by atoms with E-state index in [2.05, 4.69) is 36.6 Å². The second kappa shape index (κ2) is 22.9. The van der Waals surface area contributed by atoms with Crippen LogP contribution in [0.3, 0.4) is 0 Å². The monoisotopic (exact) mass is 882 g/mol. The third-order valence-corrected chi connectivity index (χ3v) is 11.1. The Morgan fingerprint density at radius 1 is 0.968 bits per heavy atom. The third-order valence-electron chi connectivity index (χ3n) is 11.1. The molecule has 0 radical (unpaired) electrons. The number of nitrogens with two attached hydrogens (primary N) is 2. The Labute approximate surface area is 363 Å². The predicted molar refractivity (Wildman–Crippen MR) is 225 cm³/mol. The number of ether oxygens (including phenoxy) is 1. The molecule has 7 atom stereocenters. The fourth-order valence-corrected chi connectivity index (χ4v) is 7.59. The van der Waals surface area contributed by atoms with Gasteiger partial charge in [0.2, 0.25) is 29.5 Å². The minimum Gasteiger partial charge on any atom is -0.494 e. The third kappa shape index (κ3) is 13.1. The Kier molecular flexibility index (Phi) is 17.8. The summed E-state index contributed by atoms with van der Waals surface area (Å²) in [4.78, 5) is 115. The quantitative estimate of drug-likeness (QED) is 0.0378. The van der Waals surface area contributed by atoms with Crippen LogP contribution in [0.1, 0.15) is 81.3 Å². The normalized spacial score (nSPS) is 18.2. The van der Waals surface area contributed by atoms with Crippen molar-refractivity contribution in [2.45, 2.75) is 108 Å². The summed E-state index contributed by atoms with van der Waals surface area (Å²) >= 11 is 0. The number of hydrogen-bond donors (Lipinski definition) is 11. The second-order valence-electron chi connectivity index (χ2n) is 15.5. The zero-order valence-corrected chi connectivity index (χ0v) is 35.5. The minimum absolute atomic E-state index is 0.0248. The van der Waals surface area contributed by atoms with E-state index in [1.807, 2.05) is 6.92 Å². The number of benzene rings is 1. The Balaban J connectivity index is 1.52. The first-order valence-electron chi connectivity index (χ1n) is 20.7. The molecule has 4 rings (SSSR count). The summed E-state index contributed by atoms with van der Waals surface area (Å²) in [6.07, 6.45) is 4.35. The van der Waals surface area contributed by atoms with Crippen molar-refractivity contribution in [2.24, 2.45) is 17.4 Å². The van der Waals surface area contributed by atoms with Gasteiger partial charge in [-0.15, -0.1) is 0 Å². The fourth-order valence-electron chi connectivity index (χ4n) is 7.59. The van der Waals surface area contributed by atoms with E-state index in [-0.39, 0.29) is 74.7 Å². The number of aromatic amines is 1. The smallest absolute Gasteiger partial charge is 0.326 e. The van der Waals surface area contributed by atoms with Crippen molar-refractivity contribution in [1.29, 1.82) is 5.41 Å². The highest BCUT2D eigenvalue weighted by Gasteiger charge is 2.41. The molecule has 23 nitrogen and oxygen atoms in total. The van der Waals surface area contributed by atoms with Gasteiger partial charge >= 0.3 is 11.9 Å². The number of H-pyrrole nitrogens is 1. The molecule has 2 aromatic rings. The molecule has 3 heterocycles. The maximum atomic E-state index is 14.0. The number of likely N-dealkylation sites (tertiary alicyclic amines) is 2. The Bertz CT molecular complexity index is 2000. The van der Waals surface area contributed by atoms with Crippen molar-refractivity contribution in [1.82, 2.24) is 41.0 Å². The topological polar surface area (TPSA) is 357 Å². The van der Waals surface area contributed by atoms with Crippen LogP contribution in [0.4, 0.5) is 5.69 Å². The largest absolute Gasteiger partial charge is 0.494 e. The average Bonchev–Trinajstić information content (AvgIpc) is 4.05. The van der Waals surface area contributed by atoms with Crippen molar-refractivity contribution in [3.63, 3.8) is 0 Å². The lowest BCUT2D eigenvalue weighted by molar-refractivity contribution is -0.149. The summed E-state index contributed by atoms with van der Waals surface area (Å²) in [5.41, 5.74) is 11.6. The molecule has 2 fully saturated rings. The lowest BCUT2D eigenvalue weighted by Crippen LogP contribution is -2.57. The number of carboxylic acid groups (broad SMARTS) is 2. The maximum Gasteiger partial charge on any atom is 0.326 e. The molecular weight excluding hydrogens is 825 g/mol. The summed E-state index contributed by atoms with van der Waals surface area (Å²) in [6.45, 7) is 4.09. The molecule has 0 spiro atoms. The number of hydrogen-bond acceptors (Lipinski definition) is 12. The highest BCUT2D eigenvalue weighted by Crippen LogP contribution is 2.31. The van der Waals surface area contributed by atoms with E-state index in [9.17, 15) is 43.5 Å². The van der Waals surface area contributed by atoms with E-state index >= 15 is 0 Å². The van der Waals surface area contributed by atoms with Crippen LogP contribution in [-0.4, -0.2) is 146 Å². The second-order valence-corrected chi connectivity index (χ2v) is 15.5. The highest BCUT2D eigenvalue weighted by molar-refractivity contribution is 6.05. The van der Waals surface area contributed by atoms with Gasteiger partial charge in [-0.3, -0.25) is 39.0 Å². The number of imidazole rings is 1. The number of guanidine groups is 1. The van der Waals surface area contributed by atoms with Gasteiger partial charge in [-0.25, -0.2) is 9.78 Å². The molecule has 0 bridgehead atoms. The Morgan fingerprint density at radius 3 is 2.22 bits per heavy atom. The standard InChI is InChI=1S/C40H58N12O11/c1-4-21(2)31(36(58)49-27(17-22-19-44-20-46-22)38(60)52-16-8-13-29(52)39(61)62)50-33(55)23-9-5-10-25(32(23)63-3)47-35(57)28-12-7-15-51(28)37(59)26(11-6-14-45-40(42)43)48-34(56)24(41)18-30(53)54/h5,9-10,19-21,24,26-29,31H,4,6-8,11-18,41H2,1-3H3,(H,44,46)(H,47,57)(H,48,56)(H,49,58)(H,50,55)(H,53,54)(H,61,62)(H4,42,43,45)/t21?,24?,26-,27-,28-,29-,31-/m0/s1. The number of methoxy groups -OCH3 is 1. The molecule has 2 aliphatic rings. The predicted octanol–water partition coefficient (Wildman–Crippen LogP) is -1.15. The molecule has 2 unspecified atom stereocenters. The first-order chi connectivity index (χ1) is 30.0. The van der Waals surface area contributed by atoms with E-state index in [0.29, 0.717) is 25.0 Å². The summed E-state index contributed by atoms with van der Waals surface area (Å²) < 4.78 is 5.61. The molecule has 2 saturated heterocycles. The van der Waals surface area contributed by atoms with Crippen LogP contribution in [0.2, 0.25) is 0 Å². The highest BCUT2D eigenvalue weighted by atomic mass is 16.5. The van der Waals surface area contributed by atoms with Gasteiger partial charge in [-0.1, -0.05) is 26.3 Å². The van der Waals surface area contributed by atoms with Gasteiger partial charge in [-0.05, 0) is 56.6 Å². The van der Waals surface area contributed by atoms with Gasteiger partial charge in [0.1, 0.15) is 30.2 Å². The van der Waals surface area contributed by atoms with Gasteiger partial charge in [0.05, 0.1) is 37.2 Å². The number of nitrogens with zero attached hydrogens (tertiary/aromatic N) is 3. The van der Waals surface area contributed by atoms with E-state index in [1.165, 1.54) is 47.6 Å². The van der Waals surface area contributed by atoms with Crippen molar-refractivity contribution in [3.05, 3.63) is 42.0 Å². The molecule has 1 aromatic heterocycles. The van der Waals surface area contributed by atoms with Crippen molar-refractivity contribution < 1.29 is 53.3 Å². The van der Waals surface area contributed by atoms with Gasteiger partial charge in [0, 0.05) is 37.9 Å². The number of carbonyl (C=O) groups excluding carboxylic acids is 6. The van der Waals surface area contributed by atoms with Gasteiger partial charge in [0.15, 0.2) is 11.7 Å². The molecule has 0 saturated carbocycles. The molecule has 13 N–H and O–H groups in total. The minimum atomic E-state index is -1.44. The van der Waals surface area contributed by atoms with Gasteiger partial charge in [0.25, 0.3) is 5.91 Å². The van der Waals surface area contributed by atoms with Gasteiger partial charge < -0.3 is 67.8 Å². The first kappa shape index (κ1) is 48.9. The van der Waals surface area contributed by atoms with Gasteiger partial charge in [-0.2, -0.15) is 0 Å². The van der Waals surface area contributed by atoms with E-state index in [1.54, 1.807) is 6.92 Å². The maximum absolute atomic E-state index is 14.0. The lowest BCUT2D eigenvalue weighted by Gasteiger charge is -2.30. The summed E-state index contributed by atoms with van der Waals surface area (Å²) in [5, 5.41) is 39.6. The fraction of sp³-hybridized carbons (Fsp3) is 0.550. The van der Waals surface area contributed by atoms with Crippen molar-refractivity contribution in [2.75, 3.05) is 32.1 Å². The Hall–Kier alpha value is -6.78. The molecule has 2 aliphatic heterocycles. The van der Waals surface area contributed by atoms with Crippen LogP contribution in [0, 0.1) is 11.3 Å². The summed E-state index contributed by atoms with van der Waals surface area (Å²) in [6, 6.07) is -2.69. The Morgan fingerprint density at radius 2 is 1.62 bits per heavy atom. The zero-order chi connectivity index (χ0) is 46.4. The molecule has 344 valence electrons. The number of rotatable bonds is 22. The van der Waals surface area contributed by atoms with Crippen molar-refractivity contribution >= 4 is 59.0 Å². The number of para-hydroxylation sites is 1. The van der Waals surface area contributed by atoms with Crippen LogP contribution < -0.4 is 42.8 Å². The number of amides is 6. The molecule has 23 heteroatoms. The summed E-state index contributed by atoms with van der Waals surface area (Å²) in [7, 11) is 1.28. The number of anilines is 1. The molecule has 63 heavy (non-hydrogen) atoms. The lowest BCUT2D eigenvalue weighted by atomic mass is 9.97. The molecule has 0 aliphatic carbocycles. The van der Waals surface area contributed by atoms with E-state index < -0.39 is 96.0 Å². The first-order valence-corrected chi connectivity index (χ1v) is 20.7. The van der Waals surface area contributed by atoms with Crippen LogP contribution in [-0.2, 0) is 40.0 Å². The van der Waals surface area contributed by atoms with Crippen LogP contribution in [0.25, 0.3) is 0 Å². The molecular formula is C40H58N12O11. The number of nitrogens with one attached hydrogen (secondary N) is 7. The van der Waals surface area contributed by atoms with E-state index in [4.69, 9.17) is 26.7 Å². The van der Waals surface area contributed by atoms with E-state index in [0.717, 1.165) is 0 Å². The molecule has 1 aromatic carbocycles.